The summed E-state index contributed by atoms with van der Waals surface area (Å²) >= 11 is 0. The zero-order valence-corrected chi connectivity index (χ0v) is 18.8. The van der Waals surface area contributed by atoms with E-state index >= 15 is 0 Å². The largest absolute Gasteiger partial charge is 0.398 e. The third-order valence-electron chi connectivity index (χ3n) is 5.90. The van der Waals surface area contributed by atoms with Gasteiger partial charge >= 0.3 is 0 Å². The summed E-state index contributed by atoms with van der Waals surface area (Å²) in [6, 6.07) is 12.8. The number of carbonyl (C=O) groups is 1. The van der Waals surface area contributed by atoms with Gasteiger partial charge in [0.2, 0.25) is 0 Å². The number of hydrogen-bond donors (Lipinski definition) is 2. The molecule has 164 valence electrons. The molecule has 0 heterocycles. The Hall–Kier alpha value is -2.29. The molecular weight excluding hydrogens is 368 g/mol. The second kappa shape index (κ2) is 13.8. The molecule has 3 heteroatoms. The van der Waals surface area contributed by atoms with Gasteiger partial charge in [-0.2, -0.15) is 0 Å². The van der Waals surface area contributed by atoms with Crippen LogP contribution in [-0.2, 0) is 6.42 Å². The third-order valence-corrected chi connectivity index (χ3v) is 5.90. The van der Waals surface area contributed by atoms with Crippen molar-refractivity contribution in [2.45, 2.75) is 90.4 Å². The number of nitrogens with two attached hydrogens (primary N) is 2. The fourth-order valence-electron chi connectivity index (χ4n) is 4.04. The lowest BCUT2D eigenvalue weighted by Gasteiger charge is -2.12. The lowest BCUT2D eigenvalue weighted by molar-refractivity contribution is 0.103. The maximum Gasteiger partial charge on any atom is 0.193 e. The molecule has 0 aliphatic heterocycles. The first-order valence-corrected chi connectivity index (χ1v) is 11.9. The molecule has 0 aliphatic rings. The van der Waals surface area contributed by atoms with Crippen LogP contribution in [0.15, 0.2) is 42.5 Å². The van der Waals surface area contributed by atoms with Crippen molar-refractivity contribution >= 4 is 17.2 Å². The van der Waals surface area contributed by atoms with E-state index in [1.165, 1.54) is 70.6 Å². The van der Waals surface area contributed by atoms with Crippen LogP contribution in [0.5, 0.6) is 0 Å². The lowest BCUT2D eigenvalue weighted by atomic mass is 9.96. The van der Waals surface area contributed by atoms with E-state index in [0.29, 0.717) is 22.5 Å². The highest BCUT2D eigenvalue weighted by atomic mass is 16.1. The molecule has 2 aromatic carbocycles. The van der Waals surface area contributed by atoms with Crippen LogP contribution in [0, 0.1) is 0 Å². The number of nitrogen functional groups attached to an aromatic ring is 2. The van der Waals surface area contributed by atoms with Crippen LogP contribution in [0.3, 0.4) is 0 Å². The number of ketones is 1. The Kier molecular flexibility index (Phi) is 11.1. The maximum atomic E-state index is 12.6. The molecule has 4 N–H and O–H groups in total. The molecule has 0 spiro atoms. The molecule has 0 saturated carbocycles. The Labute approximate surface area is 183 Å². The van der Waals surface area contributed by atoms with Gasteiger partial charge in [0.15, 0.2) is 5.78 Å². The van der Waals surface area contributed by atoms with Gasteiger partial charge in [0.1, 0.15) is 0 Å². The highest BCUT2D eigenvalue weighted by Gasteiger charge is 2.13. The predicted molar refractivity (Wildman–Crippen MR) is 130 cm³/mol. The van der Waals surface area contributed by atoms with E-state index in [4.69, 9.17) is 11.5 Å². The molecule has 2 rings (SSSR count). The SMILES string of the molecule is CCCCCCCCCCCCCCc1c(N)cc(C(=O)c2ccccc2)cc1N. The van der Waals surface area contributed by atoms with E-state index in [-0.39, 0.29) is 5.78 Å². The minimum atomic E-state index is -0.0362. The molecule has 30 heavy (non-hydrogen) atoms. The maximum absolute atomic E-state index is 12.6. The summed E-state index contributed by atoms with van der Waals surface area (Å²) in [5, 5.41) is 0. The molecule has 0 unspecified atom stereocenters. The van der Waals surface area contributed by atoms with E-state index < -0.39 is 0 Å². The topological polar surface area (TPSA) is 69.1 Å². The molecule has 2 aromatic rings. The number of hydrogen-bond acceptors (Lipinski definition) is 3. The molecule has 0 atom stereocenters. The molecule has 0 aromatic heterocycles. The van der Waals surface area contributed by atoms with Crippen molar-refractivity contribution in [2.75, 3.05) is 11.5 Å². The van der Waals surface area contributed by atoms with E-state index in [9.17, 15) is 4.79 Å². The standard InChI is InChI=1S/C27H40N2O/c1-2-3-4-5-6-7-8-9-10-11-12-16-19-24-25(28)20-23(21-26(24)29)27(30)22-17-14-13-15-18-22/h13-15,17-18,20-21H,2-12,16,19,28-29H2,1H3. The van der Waals surface area contributed by atoms with Gasteiger partial charge in [0.05, 0.1) is 0 Å². The van der Waals surface area contributed by atoms with E-state index in [2.05, 4.69) is 6.92 Å². The lowest BCUT2D eigenvalue weighted by Crippen LogP contribution is -2.07. The molecular formula is C27H40N2O. The van der Waals surface area contributed by atoms with Crippen molar-refractivity contribution < 1.29 is 4.79 Å². The summed E-state index contributed by atoms with van der Waals surface area (Å²) in [6.45, 7) is 2.27. The van der Waals surface area contributed by atoms with Gasteiger partial charge < -0.3 is 11.5 Å². The fourth-order valence-corrected chi connectivity index (χ4v) is 4.04. The Morgan fingerprint density at radius 3 is 1.63 bits per heavy atom. The highest BCUT2D eigenvalue weighted by Crippen LogP contribution is 2.26. The van der Waals surface area contributed by atoms with Crippen LogP contribution in [0.1, 0.15) is 105 Å². The number of unbranched alkanes of at least 4 members (excludes halogenated alkanes) is 11. The number of rotatable bonds is 15. The van der Waals surface area contributed by atoms with Crippen molar-refractivity contribution in [3.8, 4) is 0 Å². The van der Waals surface area contributed by atoms with Gasteiger partial charge in [-0.25, -0.2) is 0 Å². The fraction of sp³-hybridized carbons (Fsp3) is 0.519. The molecule has 3 nitrogen and oxygen atoms in total. The minimum absolute atomic E-state index is 0.0362. The van der Waals surface area contributed by atoms with Gasteiger partial charge in [-0.1, -0.05) is 108 Å². The molecule has 0 bridgehead atoms. The summed E-state index contributed by atoms with van der Waals surface area (Å²) in [4.78, 5) is 12.6. The number of benzene rings is 2. The van der Waals surface area contributed by atoms with Crippen molar-refractivity contribution in [1.82, 2.24) is 0 Å². The average Bonchev–Trinajstić information content (AvgIpc) is 2.76. The summed E-state index contributed by atoms with van der Waals surface area (Å²) in [6.07, 6.45) is 16.9. The van der Waals surface area contributed by atoms with Gasteiger partial charge in [-0.3, -0.25) is 4.79 Å². The molecule has 0 saturated heterocycles. The van der Waals surface area contributed by atoms with Gasteiger partial charge in [-0.15, -0.1) is 0 Å². The Morgan fingerprint density at radius 2 is 1.13 bits per heavy atom. The zero-order chi connectivity index (χ0) is 21.6. The molecule has 0 radical (unpaired) electrons. The number of anilines is 2. The van der Waals surface area contributed by atoms with Crippen LogP contribution in [0.4, 0.5) is 11.4 Å². The first-order valence-electron chi connectivity index (χ1n) is 11.9. The minimum Gasteiger partial charge on any atom is -0.398 e. The second-order valence-corrected chi connectivity index (χ2v) is 8.47. The average molecular weight is 409 g/mol. The quantitative estimate of drug-likeness (QED) is 0.184. The normalized spacial score (nSPS) is 11.0. The Morgan fingerprint density at radius 1 is 0.667 bits per heavy atom. The first kappa shape index (κ1) is 24.0. The van der Waals surface area contributed by atoms with E-state index in [1.54, 1.807) is 12.1 Å². The summed E-state index contributed by atoms with van der Waals surface area (Å²) in [7, 11) is 0. The zero-order valence-electron chi connectivity index (χ0n) is 18.8. The van der Waals surface area contributed by atoms with Gasteiger partial charge in [-0.05, 0) is 30.5 Å². The third kappa shape index (κ3) is 8.22. The second-order valence-electron chi connectivity index (χ2n) is 8.47. The summed E-state index contributed by atoms with van der Waals surface area (Å²) in [5.41, 5.74) is 16.0. The molecule has 0 amide bonds. The van der Waals surface area contributed by atoms with E-state index in [1.807, 2.05) is 30.3 Å². The van der Waals surface area contributed by atoms with Crippen LogP contribution in [0.2, 0.25) is 0 Å². The molecule has 0 fully saturated rings. The van der Waals surface area contributed by atoms with Crippen molar-refractivity contribution in [3.05, 3.63) is 59.2 Å². The predicted octanol–water partition coefficient (Wildman–Crippen LogP) is 7.33. The van der Waals surface area contributed by atoms with E-state index in [0.717, 1.165) is 18.4 Å². The first-order chi connectivity index (χ1) is 14.6. The van der Waals surface area contributed by atoms with Crippen molar-refractivity contribution in [3.63, 3.8) is 0 Å². The van der Waals surface area contributed by atoms with Gasteiger partial charge in [0.25, 0.3) is 0 Å². The van der Waals surface area contributed by atoms with Crippen molar-refractivity contribution in [1.29, 1.82) is 0 Å². The Balaban J connectivity index is 1.67. The highest BCUT2D eigenvalue weighted by molar-refractivity contribution is 6.10. The van der Waals surface area contributed by atoms with Crippen LogP contribution >= 0.6 is 0 Å². The van der Waals surface area contributed by atoms with Crippen LogP contribution in [0.25, 0.3) is 0 Å². The Bertz CT molecular complexity index is 732. The molecule has 0 aliphatic carbocycles. The smallest absolute Gasteiger partial charge is 0.193 e. The summed E-state index contributed by atoms with van der Waals surface area (Å²) in [5.74, 6) is -0.0362. The number of carbonyl (C=O) groups excluding carboxylic acids is 1. The van der Waals surface area contributed by atoms with Crippen LogP contribution in [-0.4, -0.2) is 5.78 Å². The monoisotopic (exact) mass is 408 g/mol. The van der Waals surface area contributed by atoms with Gasteiger partial charge in [0, 0.05) is 22.5 Å². The van der Waals surface area contributed by atoms with Crippen LogP contribution < -0.4 is 11.5 Å². The summed E-state index contributed by atoms with van der Waals surface area (Å²) < 4.78 is 0. The van der Waals surface area contributed by atoms with Crippen molar-refractivity contribution in [2.24, 2.45) is 0 Å².